The molecule has 0 radical (unpaired) electrons. The zero-order chi connectivity index (χ0) is 22.0. The minimum absolute atomic E-state index is 0.242. The molecule has 2 aromatic carbocycles. The number of nitrogens with zero attached hydrogens (tertiary/aromatic N) is 2. The number of amides is 2. The van der Waals surface area contributed by atoms with E-state index >= 15 is 0 Å². The Hall–Kier alpha value is -3.22. The van der Waals surface area contributed by atoms with Crippen molar-refractivity contribution in [3.63, 3.8) is 0 Å². The molecule has 0 spiro atoms. The van der Waals surface area contributed by atoms with E-state index in [1.165, 1.54) is 6.20 Å². The van der Waals surface area contributed by atoms with Crippen LogP contribution in [0.2, 0.25) is 5.02 Å². The third-order valence-electron chi connectivity index (χ3n) is 5.30. The van der Waals surface area contributed by atoms with Crippen molar-refractivity contribution in [2.24, 2.45) is 0 Å². The number of fused-ring (bicyclic) bond motifs is 1. The van der Waals surface area contributed by atoms with Crippen molar-refractivity contribution < 1.29 is 14.7 Å². The maximum absolute atomic E-state index is 13.2. The van der Waals surface area contributed by atoms with E-state index in [0.29, 0.717) is 46.9 Å². The van der Waals surface area contributed by atoms with Gasteiger partial charge in [-0.1, -0.05) is 29.3 Å². The lowest BCUT2D eigenvalue weighted by atomic mass is 10.0. The first-order valence-electron chi connectivity index (χ1n) is 10.1. The SMILES string of the molecule is Cc1ccc(C(=O)Nc2ccc(C(=O)N3CCCC(O)c4cc(Cl)ccc43)nc2)cc1. The van der Waals surface area contributed by atoms with Gasteiger partial charge in [-0.15, -0.1) is 0 Å². The van der Waals surface area contributed by atoms with E-state index in [4.69, 9.17) is 11.6 Å². The number of carbonyl (C=O) groups excluding carboxylic acids is 2. The number of aryl methyl sites for hydroxylation is 1. The van der Waals surface area contributed by atoms with Crippen LogP contribution in [0.4, 0.5) is 11.4 Å². The number of hydrogen-bond acceptors (Lipinski definition) is 4. The predicted molar refractivity (Wildman–Crippen MR) is 121 cm³/mol. The first-order chi connectivity index (χ1) is 14.9. The van der Waals surface area contributed by atoms with Gasteiger partial charge in [-0.2, -0.15) is 0 Å². The molecular weight excluding hydrogens is 414 g/mol. The molecule has 1 unspecified atom stereocenters. The summed E-state index contributed by atoms with van der Waals surface area (Å²) < 4.78 is 0. The van der Waals surface area contributed by atoms with Crippen LogP contribution >= 0.6 is 11.6 Å². The molecule has 0 saturated heterocycles. The Morgan fingerprint density at radius 2 is 1.90 bits per heavy atom. The molecule has 158 valence electrons. The molecule has 3 aromatic rings. The summed E-state index contributed by atoms with van der Waals surface area (Å²) in [5.74, 6) is -0.512. The highest BCUT2D eigenvalue weighted by Gasteiger charge is 2.27. The summed E-state index contributed by atoms with van der Waals surface area (Å²) in [4.78, 5) is 31.4. The summed E-state index contributed by atoms with van der Waals surface area (Å²) in [6.07, 6.45) is 2.01. The van der Waals surface area contributed by atoms with E-state index < -0.39 is 6.10 Å². The zero-order valence-corrected chi connectivity index (χ0v) is 17.8. The maximum Gasteiger partial charge on any atom is 0.276 e. The van der Waals surface area contributed by atoms with E-state index in [2.05, 4.69) is 10.3 Å². The summed E-state index contributed by atoms with van der Waals surface area (Å²) in [5.41, 5.74) is 3.65. The number of aliphatic hydroxyl groups is 1. The van der Waals surface area contributed by atoms with Crippen LogP contribution in [0.5, 0.6) is 0 Å². The van der Waals surface area contributed by atoms with Gasteiger partial charge >= 0.3 is 0 Å². The van der Waals surface area contributed by atoms with Crippen molar-refractivity contribution in [3.8, 4) is 0 Å². The van der Waals surface area contributed by atoms with Crippen molar-refractivity contribution in [1.29, 1.82) is 0 Å². The number of nitrogens with one attached hydrogen (secondary N) is 1. The van der Waals surface area contributed by atoms with E-state index in [0.717, 1.165) is 5.56 Å². The minimum atomic E-state index is -0.668. The Bertz CT molecular complexity index is 1110. The summed E-state index contributed by atoms with van der Waals surface area (Å²) in [6.45, 7) is 2.43. The number of aliphatic hydroxyl groups excluding tert-OH is 1. The van der Waals surface area contributed by atoms with Gasteiger partial charge in [0.15, 0.2) is 0 Å². The van der Waals surface area contributed by atoms with Gasteiger partial charge in [0.05, 0.1) is 18.0 Å². The molecule has 2 N–H and O–H groups in total. The topological polar surface area (TPSA) is 82.5 Å². The Morgan fingerprint density at radius 3 is 2.61 bits per heavy atom. The van der Waals surface area contributed by atoms with E-state index in [1.807, 2.05) is 19.1 Å². The van der Waals surface area contributed by atoms with Crippen LogP contribution < -0.4 is 10.2 Å². The lowest BCUT2D eigenvalue weighted by Crippen LogP contribution is -2.32. The quantitative estimate of drug-likeness (QED) is 0.620. The van der Waals surface area contributed by atoms with Crippen LogP contribution in [0.3, 0.4) is 0 Å². The maximum atomic E-state index is 13.2. The van der Waals surface area contributed by atoms with Crippen LogP contribution in [0, 0.1) is 6.92 Å². The largest absolute Gasteiger partial charge is 0.388 e. The Morgan fingerprint density at radius 1 is 1.13 bits per heavy atom. The minimum Gasteiger partial charge on any atom is -0.388 e. The van der Waals surface area contributed by atoms with Crippen molar-refractivity contribution in [1.82, 2.24) is 4.98 Å². The molecule has 2 amide bonds. The fourth-order valence-electron chi connectivity index (χ4n) is 3.61. The molecule has 2 heterocycles. The summed E-state index contributed by atoms with van der Waals surface area (Å²) in [5, 5.41) is 13.7. The van der Waals surface area contributed by atoms with E-state index in [-0.39, 0.29) is 17.5 Å². The molecule has 7 heteroatoms. The van der Waals surface area contributed by atoms with Gasteiger partial charge in [-0.25, -0.2) is 4.98 Å². The van der Waals surface area contributed by atoms with Crippen LogP contribution in [-0.2, 0) is 0 Å². The number of hydrogen-bond donors (Lipinski definition) is 2. The average molecular weight is 436 g/mol. The molecule has 1 aliphatic heterocycles. The monoisotopic (exact) mass is 435 g/mol. The Balaban J connectivity index is 1.52. The molecule has 31 heavy (non-hydrogen) atoms. The number of rotatable bonds is 3. The Labute approximate surface area is 185 Å². The number of anilines is 2. The molecule has 0 saturated carbocycles. The first kappa shape index (κ1) is 21.0. The Kier molecular flexibility index (Phi) is 6.02. The number of aromatic nitrogens is 1. The van der Waals surface area contributed by atoms with Crippen molar-refractivity contribution in [2.75, 3.05) is 16.8 Å². The molecule has 1 aromatic heterocycles. The van der Waals surface area contributed by atoms with Gasteiger partial charge < -0.3 is 15.3 Å². The smallest absolute Gasteiger partial charge is 0.276 e. The van der Waals surface area contributed by atoms with Crippen molar-refractivity contribution in [3.05, 3.63) is 88.2 Å². The fraction of sp³-hybridized carbons (Fsp3) is 0.208. The molecule has 0 fully saturated rings. The number of carbonyl (C=O) groups is 2. The number of pyridine rings is 1. The van der Waals surface area contributed by atoms with Gasteiger partial charge in [0.2, 0.25) is 0 Å². The highest BCUT2D eigenvalue weighted by atomic mass is 35.5. The lowest BCUT2D eigenvalue weighted by Gasteiger charge is -2.23. The predicted octanol–water partition coefficient (Wildman–Crippen LogP) is 4.77. The van der Waals surface area contributed by atoms with Gasteiger partial charge in [0.1, 0.15) is 5.69 Å². The van der Waals surface area contributed by atoms with E-state index in [9.17, 15) is 14.7 Å². The average Bonchev–Trinajstić information content (AvgIpc) is 2.93. The highest BCUT2D eigenvalue weighted by Crippen LogP contribution is 2.35. The molecule has 0 bridgehead atoms. The van der Waals surface area contributed by atoms with Crippen LogP contribution in [0.15, 0.2) is 60.8 Å². The lowest BCUT2D eigenvalue weighted by molar-refractivity contribution is 0.0981. The summed E-state index contributed by atoms with van der Waals surface area (Å²) in [6, 6.07) is 15.7. The van der Waals surface area contributed by atoms with E-state index in [1.54, 1.807) is 47.4 Å². The second-order valence-electron chi connectivity index (χ2n) is 7.57. The molecular formula is C24H22ClN3O3. The third kappa shape index (κ3) is 4.60. The van der Waals surface area contributed by atoms with Gasteiger partial charge in [0.25, 0.3) is 11.8 Å². The third-order valence-corrected chi connectivity index (χ3v) is 5.53. The molecule has 6 nitrogen and oxygen atoms in total. The zero-order valence-electron chi connectivity index (χ0n) is 17.0. The van der Waals surface area contributed by atoms with Gasteiger partial charge in [0, 0.05) is 28.4 Å². The summed E-state index contributed by atoms with van der Waals surface area (Å²) >= 11 is 6.09. The van der Waals surface area contributed by atoms with Gasteiger partial charge in [-0.05, 0) is 62.2 Å². The van der Waals surface area contributed by atoms with Crippen LogP contribution in [-0.4, -0.2) is 28.4 Å². The number of benzene rings is 2. The van der Waals surface area contributed by atoms with Crippen molar-refractivity contribution in [2.45, 2.75) is 25.9 Å². The van der Waals surface area contributed by atoms with Crippen LogP contribution in [0.25, 0.3) is 0 Å². The summed E-state index contributed by atoms with van der Waals surface area (Å²) in [7, 11) is 0. The molecule has 1 aliphatic rings. The standard InChI is InChI=1S/C24H22ClN3O3/c1-15-4-6-16(7-5-15)23(30)27-18-9-10-20(26-14-18)24(31)28-12-2-3-22(29)19-13-17(25)8-11-21(19)28/h4-11,13-14,22,29H,2-3,12H2,1H3,(H,27,30). The van der Waals surface area contributed by atoms with Crippen LogP contribution in [0.1, 0.15) is 50.9 Å². The second-order valence-corrected chi connectivity index (χ2v) is 8.01. The van der Waals surface area contributed by atoms with Crippen molar-refractivity contribution >= 4 is 34.8 Å². The molecule has 0 aliphatic carbocycles. The molecule has 1 atom stereocenters. The van der Waals surface area contributed by atoms with Gasteiger partial charge in [-0.3, -0.25) is 9.59 Å². The second kappa shape index (κ2) is 8.88. The normalized spacial score (nSPS) is 15.7. The highest BCUT2D eigenvalue weighted by molar-refractivity contribution is 6.30. The fourth-order valence-corrected chi connectivity index (χ4v) is 3.79. The number of halogens is 1. The molecule has 4 rings (SSSR count). The first-order valence-corrected chi connectivity index (χ1v) is 10.4.